The second-order valence-electron chi connectivity index (χ2n) is 4.97. The Morgan fingerprint density at radius 3 is 2.80 bits per heavy atom. The number of hydrogen-bond acceptors (Lipinski definition) is 4. The van der Waals surface area contributed by atoms with E-state index in [0.29, 0.717) is 5.92 Å². The lowest BCUT2D eigenvalue weighted by Crippen LogP contribution is -2.01. The SMILES string of the molecule is COCCCSc1nc(C2CC2)n(-c2ccccc2)n1. The predicted octanol–water partition coefficient (Wildman–Crippen LogP) is 3.27. The standard InChI is InChI=1S/C15H19N3OS/c1-19-10-5-11-20-15-16-14(12-8-9-12)18(17-15)13-6-3-2-4-7-13/h2-4,6-7,12H,5,8-11H2,1H3. The fraction of sp³-hybridized carbons (Fsp3) is 0.467. The Hall–Kier alpha value is -1.33. The van der Waals surface area contributed by atoms with Crippen molar-refractivity contribution < 1.29 is 4.74 Å². The molecule has 0 bridgehead atoms. The summed E-state index contributed by atoms with van der Waals surface area (Å²) in [6.07, 6.45) is 3.50. The van der Waals surface area contributed by atoms with E-state index in [1.54, 1.807) is 18.9 Å². The first kappa shape index (κ1) is 13.6. The highest BCUT2D eigenvalue weighted by Crippen LogP contribution is 2.40. The van der Waals surface area contributed by atoms with Crippen molar-refractivity contribution in [3.05, 3.63) is 36.2 Å². The molecule has 1 aliphatic rings. The molecule has 20 heavy (non-hydrogen) atoms. The average Bonchev–Trinajstić information content (AvgIpc) is 3.25. The molecule has 3 rings (SSSR count). The van der Waals surface area contributed by atoms with E-state index in [2.05, 4.69) is 17.2 Å². The third kappa shape index (κ3) is 3.22. The number of methoxy groups -OCH3 is 1. The minimum absolute atomic E-state index is 0.594. The Labute approximate surface area is 123 Å². The smallest absolute Gasteiger partial charge is 0.209 e. The summed E-state index contributed by atoms with van der Waals surface area (Å²) in [5.41, 5.74) is 1.10. The van der Waals surface area contributed by atoms with Crippen molar-refractivity contribution in [2.45, 2.75) is 30.3 Å². The maximum atomic E-state index is 5.07. The Kier molecular flexibility index (Phi) is 4.38. The Morgan fingerprint density at radius 1 is 1.30 bits per heavy atom. The van der Waals surface area contributed by atoms with E-state index in [1.807, 2.05) is 22.9 Å². The van der Waals surface area contributed by atoms with Crippen LogP contribution in [0.4, 0.5) is 0 Å². The maximum Gasteiger partial charge on any atom is 0.209 e. The van der Waals surface area contributed by atoms with Gasteiger partial charge < -0.3 is 4.74 Å². The van der Waals surface area contributed by atoms with Gasteiger partial charge in [0.2, 0.25) is 5.16 Å². The van der Waals surface area contributed by atoms with Gasteiger partial charge in [-0.3, -0.25) is 0 Å². The molecular formula is C15H19N3OS. The van der Waals surface area contributed by atoms with Gasteiger partial charge in [0.1, 0.15) is 5.82 Å². The van der Waals surface area contributed by atoms with Crippen molar-refractivity contribution in [1.82, 2.24) is 14.8 Å². The van der Waals surface area contributed by atoms with Gasteiger partial charge in [-0.2, -0.15) is 0 Å². The molecule has 0 N–H and O–H groups in total. The summed E-state index contributed by atoms with van der Waals surface area (Å²) in [4.78, 5) is 4.72. The molecule has 1 fully saturated rings. The molecule has 106 valence electrons. The molecule has 2 aromatic rings. The summed E-state index contributed by atoms with van der Waals surface area (Å²) in [5, 5.41) is 5.55. The van der Waals surface area contributed by atoms with Crippen molar-refractivity contribution in [2.75, 3.05) is 19.5 Å². The van der Waals surface area contributed by atoms with Crippen LogP contribution in [-0.2, 0) is 4.74 Å². The van der Waals surface area contributed by atoms with E-state index in [-0.39, 0.29) is 0 Å². The van der Waals surface area contributed by atoms with Crippen molar-refractivity contribution in [2.24, 2.45) is 0 Å². The van der Waals surface area contributed by atoms with E-state index < -0.39 is 0 Å². The molecule has 0 radical (unpaired) electrons. The molecule has 1 aromatic heterocycles. The Morgan fingerprint density at radius 2 is 2.10 bits per heavy atom. The fourth-order valence-electron chi connectivity index (χ4n) is 2.10. The zero-order valence-electron chi connectivity index (χ0n) is 11.7. The largest absolute Gasteiger partial charge is 0.385 e. The normalized spacial score (nSPS) is 14.7. The van der Waals surface area contributed by atoms with Crippen LogP contribution in [0, 0.1) is 0 Å². The van der Waals surface area contributed by atoms with Gasteiger partial charge in [-0.1, -0.05) is 30.0 Å². The molecular weight excluding hydrogens is 270 g/mol. The average molecular weight is 289 g/mol. The summed E-state index contributed by atoms with van der Waals surface area (Å²) < 4.78 is 7.08. The molecule has 0 saturated heterocycles. The summed E-state index contributed by atoms with van der Waals surface area (Å²) in [7, 11) is 1.73. The van der Waals surface area contributed by atoms with Crippen molar-refractivity contribution in [1.29, 1.82) is 0 Å². The molecule has 0 amide bonds. The number of hydrogen-bond donors (Lipinski definition) is 0. The van der Waals surface area contributed by atoms with Crippen LogP contribution >= 0.6 is 11.8 Å². The van der Waals surface area contributed by atoms with E-state index in [0.717, 1.165) is 35.4 Å². The van der Waals surface area contributed by atoms with Gasteiger partial charge in [0.15, 0.2) is 0 Å². The molecule has 1 heterocycles. The van der Waals surface area contributed by atoms with Crippen LogP contribution in [0.3, 0.4) is 0 Å². The van der Waals surface area contributed by atoms with Gasteiger partial charge in [0.25, 0.3) is 0 Å². The second-order valence-corrected chi connectivity index (χ2v) is 6.03. The minimum Gasteiger partial charge on any atom is -0.385 e. The third-order valence-corrected chi connectivity index (χ3v) is 4.20. The van der Waals surface area contributed by atoms with Crippen LogP contribution in [0.5, 0.6) is 0 Å². The van der Waals surface area contributed by atoms with Gasteiger partial charge >= 0.3 is 0 Å². The van der Waals surface area contributed by atoms with Crippen LogP contribution in [0.15, 0.2) is 35.5 Å². The van der Waals surface area contributed by atoms with E-state index in [9.17, 15) is 0 Å². The molecule has 0 unspecified atom stereocenters. The van der Waals surface area contributed by atoms with Crippen molar-refractivity contribution in [3.8, 4) is 5.69 Å². The van der Waals surface area contributed by atoms with Crippen LogP contribution in [-0.4, -0.2) is 34.2 Å². The number of aromatic nitrogens is 3. The number of para-hydroxylation sites is 1. The number of ether oxygens (including phenoxy) is 1. The van der Waals surface area contributed by atoms with E-state index >= 15 is 0 Å². The van der Waals surface area contributed by atoms with Crippen LogP contribution < -0.4 is 0 Å². The van der Waals surface area contributed by atoms with Crippen LogP contribution in [0.25, 0.3) is 5.69 Å². The van der Waals surface area contributed by atoms with Gasteiger partial charge in [0.05, 0.1) is 5.69 Å². The molecule has 0 aliphatic heterocycles. The maximum absolute atomic E-state index is 5.07. The van der Waals surface area contributed by atoms with Crippen molar-refractivity contribution in [3.63, 3.8) is 0 Å². The zero-order chi connectivity index (χ0) is 13.8. The summed E-state index contributed by atoms with van der Waals surface area (Å²) in [6.45, 7) is 0.794. The van der Waals surface area contributed by atoms with Crippen LogP contribution in [0.2, 0.25) is 0 Å². The Balaban J connectivity index is 1.77. The van der Waals surface area contributed by atoms with Gasteiger partial charge in [0, 0.05) is 25.4 Å². The first-order chi connectivity index (χ1) is 9.88. The molecule has 0 spiro atoms. The number of benzene rings is 1. The topological polar surface area (TPSA) is 39.9 Å². The molecule has 1 saturated carbocycles. The second kappa shape index (κ2) is 6.41. The van der Waals surface area contributed by atoms with Gasteiger partial charge in [-0.05, 0) is 31.4 Å². The molecule has 1 aromatic carbocycles. The number of thioether (sulfide) groups is 1. The van der Waals surface area contributed by atoms with Gasteiger partial charge in [-0.25, -0.2) is 9.67 Å². The monoisotopic (exact) mass is 289 g/mol. The summed E-state index contributed by atoms with van der Waals surface area (Å²) in [6, 6.07) is 10.3. The first-order valence-electron chi connectivity index (χ1n) is 7.02. The highest BCUT2D eigenvalue weighted by atomic mass is 32.2. The van der Waals surface area contributed by atoms with E-state index in [1.165, 1.54) is 12.8 Å². The highest BCUT2D eigenvalue weighted by Gasteiger charge is 2.30. The molecule has 4 nitrogen and oxygen atoms in total. The third-order valence-electron chi connectivity index (χ3n) is 3.28. The van der Waals surface area contributed by atoms with Crippen LogP contribution in [0.1, 0.15) is 31.0 Å². The van der Waals surface area contributed by atoms with E-state index in [4.69, 9.17) is 9.72 Å². The molecule has 0 atom stereocenters. The number of nitrogens with zero attached hydrogens (tertiary/aromatic N) is 3. The highest BCUT2D eigenvalue weighted by molar-refractivity contribution is 7.99. The molecule has 1 aliphatic carbocycles. The number of rotatable bonds is 7. The lowest BCUT2D eigenvalue weighted by Gasteiger charge is -2.03. The zero-order valence-corrected chi connectivity index (χ0v) is 12.5. The molecule has 5 heteroatoms. The fourth-order valence-corrected chi connectivity index (χ4v) is 2.84. The van der Waals surface area contributed by atoms with Crippen molar-refractivity contribution >= 4 is 11.8 Å². The lowest BCUT2D eigenvalue weighted by atomic mass is 10.3. The Bertz CT molecular complexity index is 552. The summed E-state index contributed by atoms with van der Waals surface area (Å²) >= 11 is 1.71. The predicted molar refractivity (Wildman–Crippen MR) is 80.6 cm³/mol. The summed E-state index contributed by atoms with van der Waals surface area (Å²) in [5.74, 6) is 2.71. The minimum atomic E-state index is 0.594. The van der Waals surface area contributed by atoms with Gasteiger partial charge in [-0.15, -0.1) is 5.10 Å². The first-order valence-corrected chi connectivity index (χ1v) is 8.01. The lowest BCUT2D eigenvalue weighted by molar-refractivity contribution is 0.200. The quantitative estimate of drug-likeness (QED) is 0.579.